The van der Waals surface area contributed by atoms with Crippen LogP contribution in [0.3, 0.4) is 0 Å². The van der Waals surface area contributed by atoms with E-state index in [1.807, 2.05) is 36.1 Å². The van der Waals surface area contributed by atoms with E-state index in [4.69, 9.17) is 10.5 Å². The highest BCUT2D eigenvalue weighted by Crippen LogP contribution is 2.17. The van der Waals surface area contributed by atoms with Gasteiger partial charge in [-0.05, 0) is 38.0 Å². The summed E-state index contributed by atoms with van der Waals surface area (Å²) in [5, 5.41) is 3.08. The van der Waals surface area contributed by atoms with Crippen LogP contribution in [0.4, 0.5) is 11.4 Å². The second kappa shape index (κ2) is 7.14. The van der Waals surface area contributed by atoms with Gasteiger partial charge >= 0.3 is 0 Å². The molecule has 0 spiro atoms. The number of nitrogens with zero attached hydrogens (tertiary/aromatic N) is 1. The largest absolute Gasteiger partial charge is 0.399 e. The van der Waals surface area contributed by atoms with E-state index in [0.717, 1.165) is 38.3 Å². The van der Waals surface area contributed by atoms with Crippen molar-refractivity contribution in [1.82, 2.24) is 5.32 Å². The zero-order valence-electron chi connectivity index (χ0n) is 12.0. The Balaban J connectivity index is 1.90. The van der Waals surface area contributed by atoms with Crippen LogP contribution in [-0.4, -0.2) is 38.3 Å². The number of amides is 1. The molecule has 0 bridgehead atoms. The van der Waals surface area contributed by atoms with Crippen molar-refractivity contribution >= 4 is 17.3 Å². The summed E-state index contributed by atoms with van der Waals surface area (Å²) in [4.78, 5) is 14.1. The van der Waals surface area contributed by atoms with E-state index in [1.165, 1.54) is 0 Å². The fourth-order valence-electron chi connectivity index (χ4n) is 2.40. The molecule has 1 heterocycles. The zero-order chi connectivity index (χ0) is 14.4. The first kappa shape index (κ1) is 14.7. The number of rotatable bonds is 5. The summed E-state index contributed by atoms with van der Waals surface area (Å²) < 4.78 is 5.29. The molecule has 5 nitrogen and oxygen atoms in total. The number of likely N-dealkylation sites (N-methyl/N-ethyl adjacent to an activating group) is 1. The lowest BCUT2D eigenvalue weighted by Crippen LogP contribution is -2.44. The molecule has 3 N–H and O–H groups in total. The maximum Gasteiger partial charge on any atom is 0.239 e. The zero-order valence-corrected chi connectivity index (χ0v) is 12.0. The van der Waals surface area contributed by atoms with Crippen molar-refractivity contribution in [2.75, 3.05) is 36.9 Å². The van der Waals surface area contributed by atoms with Gasteiger partial charge in [0.2, 0.25) is 5.91 Å². The lowest BCUT2D eigenvalue weighted by Gasteiger charge is -2.26. The monoisotopic (exact) mass is 277 g/mol. The summed E-state index contributed by atoms with van der Waals surface area (Å²) in [6.45, 7) is 4.63. The van der Waals surface area contributed by atoms with E-state index >= 15 is 0 Å². The number of nitrogens with one attached hydrogen (secondary N) is 1. The molecule has 20 heavy (non-hydrogen) atoms. The maximum atomic E-state index is 12.1. The van der Waals surface area contributed by atoms with E-state index in [9.17, 15) is 4.79 Å². The van der Waals surface area contributed by atoms with Crippen molar-refractivity contribution in [3.05, 3.63) is 24.3 Å². The Hall–Kier alpha value is -1.75. The number of carbonyl (C=O) groups is 1. The fraction of sp³-hybridized carbons (Fsp3) is 0.533. The molecule has 0 atom stereocenters. The standard InChI is InChI=1S/C15H23N3O2/c1-2-18(14-5-3-4-12(16)10-14)11-15(19)17-13-6-8-20-9-7-13/h3-5,10,13H,2,6-9,11,16H2,1H3,(H,17,19). The van der Waals surface area contributed by atoms with Crippen LogP contribution in [0.15, 0.2) is 24.3 Å². The van der Waals surface area contributed by atoms with Crippen LogP contribution >= 0.6 is 0 Å². The predicted octanol–water partition coefficient (Wildman–Crippen LogP) is 1.39. The van der Waals surface area contributed by atoms with Gasteiger partial charge in [0.15, 0.2) is 0 Å². The van der Waals surface area contributed by atoms with Crippen LogP contribution in [0.5, 0.6) is 0 Å². The first-order chi connectivity index (χ1) is 9.69. The molecule has 110 valence electrons. The van der Waals surface area contributed by atoms with E-state index in [1.54, 1.807) is 0 Å². The summed E-state index contributed by atoms with van der Waals surface area (Å²) in [5.74, 6) is 0.0566. The molecule has 0 radical (unpaired) electrons. The first-order valence-corrected chi connectivity index (χ1v) is 7.16. The third-order valence-electron chi connectivity index (χ3n) is 3.54. The van der Waals surface area contributed by atoms with Crippen molar-refractivity contribution in [2.45, 2.75) is 25.8 Å². The highest BCUT2D eigenvalue weighted by atomic mass is 16.5. The maximum absolute atomic E-state index is 12.1. The lowest BCUT2D eigenvalue weighted by atomic mass is 10.1. The van der Waals surface area contributed by atoms with Crippen LogP contribution < -0.4 is 16.0 Å². The molecule has 0 unspecified atom stereocenters. The Morgan fingerprint density at radius 3 is 2.85 bits per heavy atom. The normalized spacial score (nSPS) is 15.8. The number of carbonyl (C=O) groups excluding carboxylic acids is 1. The summed E-state index contributed by atoms with van der Waals surface area (Å²) in [7, 11) is 0. The average molecular weight is 277 g/mol. The van der Waals surface area contributed by atoms with Crippen LogP contribution in [-0.2, 0) is 9.53 Å². The summed E-state index contributed by atoms with van der Waals surface area (Å²) in [6.07, 6.45) is 1.80. The minimum atomic E-state index is 0.0566. The molecule has 1 aromatic carbocycles. The molecule has 5 heteroatoms. The molecule has 1 fully saturated rings. The van der Waals surface area contributed by atoms with Crippen LogP contribution in [0, 0.1) is 0 Å². The third kappa shape index (κ3) is 4.13. The smallest absolute Gasteiger partial charge is 0.239 e. The number of hydrogen-bond acceptors (Lipinski definition) is 4. The molecular formula is C15H23N3O2. The van der Waals surface area contributed by atoms with Crippen LogP contribution in [0.1, 0.15) is 19.8 Å². The van der Waals surface area contributed by atoms with Crippen LogP contribution in [0.2, 0.25) is 0 Å². The summed E-state index contributed by atoms with van der Waals surface area (Å²) in [6, 6.07) is 7.87. The van der Waals surface area contributed by atoms with E-state index in [2.05, 4.69) is 5.32 Å². The number of anilines is 2. The van der Waals surface area contributed by atoms with Gasteiger partial charge in [0.25, 0.3) is 0 Å². The van der Waals surface area contributed by atoms with Gasteiger partial charge in [-0.1, -0.05) is 6.07 Å². The Kier molecular flexibility index (Phi) is 5.24. The van der Waals surface area contributed by atoms with Gasteiger partial charge in [-0.15, -0.1) is 0 Å². The SMILES string of the molecule is CCN(CC(=O)NC1CCOCC1)c1cccc(N)c1. The number of nitrogens with two attached hydrogens (primary N) is 1. The van der Waals surface area contributed by atoms with E-state index < -0.39 is 0 Å². The van der Waals surface area contributed by atoms with Gasteiger partial charge in [0, 0.05) is 37.2 Å². The third-order valence-corrected chi connectivity index (χ3v) is 3.54. The Bertz CT molecular complexity index is 444. The van der Waals surface area contributed by atoms with Gasteiger partial charge in [0.1, 0.15) is 0 Å². The van der Waals surface area contributed by atoms with Crippen molar-refractivity contribution < 1.29 is 9.53 Å². The molecular weight excluding hydrogens is 254 g/mol. The second-order valence-electron chi connectivity index (χ2n) is 5.06. The van der Waals surface area contributed by atoms with Gasteiger partial charge in [0.05, 0.1) is 6.54 Å². The minimum absolute atomic E-state index is 0.0566. The Morgan fingerprint density at radius 1 is 1.45 bits per heavy atom. The number of ether oxygens (including phenoxy) is 1. The fourth-order valence-corrected chi connectivity index (χ4v) is 2.40. The topological polar surface area (TPSA) is 67.6 Å². The molecule has 1 saturated heterocycles. The van der Waals surface area contributed by atoms with Gasteiger partial charge < -0.3 is 20.7 Å². The highest BCUT2D eigenvalue weighted by molar-refractivity contribution is 5.81. The van der Waals surface area contributed by atoms with E-state index in [-0.39, 0.29) is 11.9 Å². The minimum Gasteiger partial charge on any atom is -0.399 e. The summed E-state index contributed by atoms with van der Waals surface area (Å²) >= 11 is 0. The van der Waals surface area contributed by atoms with Crippen LogP contribution in [0.25, 0.3) is 0 Å². The predicted molar refractivity (Wildman–Crippen MR) is 80.7 cm³/mol. The van der Waals surface area contributed by atoms with Crippen molar-refractivity contribution in [3.63, 3.8) is 0 Å². The highest BCUT2D eigenvalue weighted by Gasteiger charge is 2.17. The van der Waals surface area contributed by atoms with E-state index in [0.29, 0.717) is 12.2 Å². The van der Waals surface area contributed by atoms with Gasteiger partial charge in [-0.3, -0.25) is 4.79 Å². The first-order valence-electron chi connectivity index (χ1n) is 7.16. The molecule has 2 rings (SSSR count). The summed E-state index contributed by atoms with van der Waals surface area (Å²) in [5.41, 5.74) is 7.49. The molecule has 1 aliphatic heterocycles. The Morgan fingerprint density at radius 2 is 2.20 bits per heavy atom. The number of hydrogen-bond donors (Lipinski definition) is 2. The molecule has 0 saturated carbocycles. The molecule has 0 aromatic heterocycles. The van der Waals surface area contributed by atoms with Crippen molar-refractivity contribution in [3.8, 4) is 0 Å². The van der Waals surface area contributed by atoms with Gasteiger partial charge in [-0.25, -0.2) is 0 Å². The van der Waals surface area contributed by atoms with Gasteiger partial charge in [-0.2, -0.15) is 0 Å². The van der Waals surface area contributed by atoms with Crippen molar-refractivity contribution in [2.24, 2.45) is 0 Å². The second-order valence-corrected chi connectivity index (χ2v) is 5.06. The molecule has 1 amide bonds. The molecule has 1 aromatic rings. The quantitative estimate of drug-likeness (QED) is 0.798. The molecule has 1 aliphatic rings. The average Bonchev–Trinajstić information content (AvgIpc) is 2.46. The molecule has 0 aliphatic carbocycles. The lowest BCUT2D eigenvalue weighted by molar-refractivity contribution is -0.121. The van der Waals surface area contributed by atoms with Crippen molar-refractivity contribution in [1.29, 1.82) is 0 Å². The number of benzene rings is 1. The Labute approximate surface area is 120 Å². The number of nitrogen functional groups attached to an aromatic ring is 1.